The number of hydrogen-bond donors (Lipinski definition) is 0. The van der Waals surface area contributed by atoms with E-state index in [9.17, 15) is 0 Å². The molecule has 1 nitrogen and oxygen atoms in total. The molecule has 0 saturated carbocycles. The zero-order valence-corrected chi connectivity index (χ0v) is 14.1. The summed E-state index contributed by atoms with van der Waals surface area (Å²) in [6, 6.07) is 13.1. The summed E-state index contributed by atoms with van der Waals surface area (Å²) in [7, 11) is 0. The Hall–Kier alpha value is -2.41. The van der Waals surface area contributed by atoms with E-state index in [0.717, 1.165) is 18.5 Å². The Bertz CT molecular complexity index is 898. The largest absolute Gasteiger partial charge is 0.260 e. The first kappa shape index (κ1) is 15.5. The highest BCUT2D eigenvalue weighted by Crippen LogP contribution is 2.18. The lowest BCUT2D eigenvalue weighted by atomic mass is 10.0. The number of allylic oxidation sites excluding steroid dienone is 2. The van der Waals surface area contributed by atoms with Crippen LogP contribution in [0.4, 0.5) is 5.69 Å². The van der Waals surface area contributed by atoms with Crippen LogP contribution in [-0.4, -0.2) is 6.21 Å². The summed E-state index contributed by atoms with van der Waals surface area (Å²) in [5, 5.41) is 2.48. The fourth-order valence-corrected chi connectivity index (χ4v) is 3.05. The van der Waals surface area contributed by atoms with E-state index in [1.165, 1.54) is 32.7 Å². The van der Waals surface area contributed by atoms with Gasteiger partial charge in [-0.1, -0.05) is 60.2 Å². The molecule has 0 amide bonds. The molecule has 3 rings (SSSR count). The minimum absolute atomic E-state index is 1.05. The number of aryl methyl sites for hydroxylation is 2. The van der Waals surface area contributed by atoms with E-state index >= 15 is 0 Å². The fourth-order valence-electron chi connectivity index (χ4n) is 3.05. The molecule has 0 spiro atoms. The summed E-state index contributed by atoms with van der Waals surface area (Å²) >= 11 is 0. The number of aliphatic imine (C=N–C) groups is 1. The molecule has 0 bridgehead atoms. The summed E-state index contributed by atoms with van der Waals surface area (Å²) in [5.41, 5.74) is 6.35. The molecule has 0 saturated heterocycles. The zero-order chi connectivity index (χ0) is 16.2. The minimum atomic E-state index is 1.05. The molecule has 0 radical (unpaired) electrons. The second kappa shape index (κ2) is 6.78. The second-order valence-corrected chi connectivity index (χ2v) is 6.10. The van der Waals surface area contributed by atoms with Crippen molar-refractivity contribution in [2.75, 3.05) is 0 Å². The average Bonchev–Trinajstić information content (AvgIpc) is 2.59. The Morgan fingerprint density at radius 1 is 1.17 bits per heavy atom. The maximum atomic E-state index is 4.62. The number of hydrogen-bond acceptors (Lipinski definition) is 1. The first-order valence-corrected chi connectivity index (χ1v) is 8.25. The summed E-state index contributed by atoms with van der Waals surface area (Å²) in [5.74, 6) is 0. The molecule has 23 heavy (non-hydrogen) atoms. The lowest BCUT2D eigenvalue weighted by molar-refractivity contribution is 1.02. The van der Waals surface area contributed by atoms with Crippen molar-refractivity contribution in [3.05, 3.63) is 69.6 Å². The molecule has 0 atom stereocenters. The van der Waals surface area contributed by atoms with Gasteiger partial charge in [0.25, 0.3) is 0 Å². The molecule has 1 heteroatoms. The maximum absolute atomic E-state index is 4.62. The molecule has 0 N–H and O–H groups in total. The third kappa shape index (κ3) is 3.34. The van der Waals surface area contributed by atoms with Gasteiger partial charge in [-0.2, -0.15) is 0 Å². The van der Waals surface area contributed by atoms with E-state index in [1.54, 1.807) is 0 Å². The van der Waals surface area contributed by atoms with Crippen molar-refractivity contribution in [3.8, 4) is 0 Å². The van der Waals surface area contributed by atoms with Crippen LogP contribution in [-0.2, 0) is 6.42 Å². The topological polar surface area (TPSA) is 12.4 Å². The molecule has 1 aliphatic rings. The Morgan fingerprint density at radius 3 is 2.83 bits per heavy atom. The zero-order valence-electron chi connectivity index (χ0n) is 14.1. The standard InChI is InChI=1S/C22H23N/c1-4-21-18(12-13-19-9-6-14-23-22(19)21)11-10-17(3)20-8-5-7-16(2)15-20/h4-5,7-8,10-15H,6,9H2,1-3H3/b17-10+,18-11-,21-4+. The van der Waals surface area contributed by atoms with Gasteiger partial charge in [0.2, 0.25) is 0 Å². The van der Waals surface area contributed by atoms with Gasteiger partial charge in [-0.3, -0.25) is 4.99 Å². The normalized spacial score (nSPS) is 15.9. The summed E-state index contributed by atoms with van der Waals surface area (Å²) in [4.78, 5) is 4.62. The van der Waals surface area contributed by atoms with E-state index < -0.39 is 0 Å². The Balaban J connectivity index is 2.07. The Labute approximate surface area is 138 Å². The molecular weight excluding hydrogens is 278 g/mol. The molecule has 116 valence electrons. The van der Waals surface area contributed by atoms with E-state index in [0.29, 0.717) is 0 Å². The summed E-state index contributed by atoms with van der Waals surface area (Å²) in [6.45, 7) is 6.39. The smallest absolute Gasteiger partial charge is 0.0732 e. The van der Waals surface area contributed by atoms with Crippen LogP contribution >= 0.6 is 0 Å². The summed E-state index contributed by atoms with van der Waals surface area (Å²) < 4.78 is 0. The lowest BCUT2D eigenvalue weighted by Crippen LogP contribution is -2.26. The van der Waals surface area contributed by atoms with E-state index in [4.69, 9.17) is 0 Å². The van der Waals surface area contributed by atoms with Crippen LogP contribution in [0.5, 0.6) is 0 Å². The van der Waals surface area contributed by atoms with Gasteiger partial charge in [0.05, 0.1) is 5.69 Å². The molecule has 0 aromatic heterocycles. The van der Waals surface area contributed by atoms with Gasteiger partial charge < -0.3 is 0 Å². The monoisotopic (exact) mass is 301 g/mol. The molecule has 1 heterocycles. The van der Waals surface area contributed by atoms with Crippen LogP contribution in [0.3, 0.4) is 0 Å². The molecule has 0 fully saturated rings. The summed E-state index contributed by atoms with van der Waals surface area (Å²) in [6.07, 6.45) is 10.8. The first-order valence-electron chi connectivity index (χ1n) is 8.25. The molecule has 2 aromatic carbocycles. The van der Waals surface area contributed by atoms with Crippen molar-refractivity contribution in [2.24, 2.45) is 4.99 Å². The molecule has 0 unspecified atom stereocenters. The van der Waals surface area contributed by atoms with Gasteiger partial charge >= 0.3 is 0 Å². The Kier molecular flexibility index (Phi) is 4.57. The SMILES string of the molecule is C/C=c1/c2c(cc/c1=C/C=C(\C)c1cccc(C)c1)CCC=N2. The predicted molar refractivity (Wildman–Crippen MR) is 102 cm³/mol. The third-order valence-corrected chi connectivity index (χ3v) is 4.37. The predicted octanol–water partition coefficient (Wildman–Crippen LogP) is 4.33. The highest BCUT2D eigenvalue weighted by atomic mass is 14.7. The first-order chi connectivity index (χ1) is 11.2. The van der Waals surface area contributed by atoms with Gasteiger partial charge in [0.15, 0.2) is 0 Å². The third-order valence-electron chi connectivity index (χ3n) is 4.37. The van der Waals surface area contributed by atoms with Crippen molar-refractivity contribution in [2.45, 2.75) is 33.6 Å². The van der Waals surface area contributed by atoms with Gasteiger partial charge in [-0.25, -0.2) is 0 Å². The van der Waals surface area contributed by atoms with Crippen molar-refractivity contribution in [3.63, 3.8) is 0 Å². The number of benzene rings is 2. The van der Waals surface area contributed by atoms with Crippen molar-refractivity contribution < 1.29 is 0 Å². The average molecular weight is 301 g/mol. The van der Waals surface area contributed by atoms with Crippen LogP contribution in [0.2, 0.25) is 0 Å². The number of fused-ring (bicyclic) bond motifs is 1. The molecule has 0 aliphatic carbocycles. The molecule has 2 aromatic rings. The van der Waals surface area contributed by atoms with E-state index in [-0.39, 0.29) is 0 Å². The van der Waals surface area contributed by atoms with Gasteiger partial charge in [0, 0.05) is 11.4 Å². The Morgan fingerprint density at radius 2 is 2.04 bits per heavy atom. The number of rotatable bonds is 2. The van der Waals surface area contributed by atoms with E-state index in [2.05, 4.69) is 80.4 Å². The molecular formula is C22H23N. The fraction of sp³-hybridized carbons (Fsp3) is 0.227. The van der Waals surface area contributed by atoms with Crippen LogP contribution in [0.1, 0.15) is 37.0 Å². The maximum Gasteiger partial charge on any atom is 0.0732 e. The van der Waals surface area contributed by atoms with Crippen molar-refractivity contribution in [1.82, 2.24) is 0 Å². The van der Waals surface area contributed by atoms with E-state index in [1.807, 2.05) is 6.21 Å². The highest BCUT2D eigenvalue weighted by Gasteiger charge is 2.06. The van der Waals surface area contributed by atoms with Crippen LogP contribution in [0.25, 0.3) is 17.7 Å². The van der Waals surface area contributed by atoms with Gasteiger partial charge in [0.1, 0.15) is 0 Å². The van der Waals surface area contributed by atoms with Crippen LogP contribution in [0.15, 0.2) is 47.5 Å². The molecule has 1 aliphatic heterocycles. The van der Waals surface area contributed by atoms with Gasteiger partial charge in [-0.15, -0.1) is 0 Å². The number of nitrogens with zero attached hydrogens (tertiary/aromatic N) is 1. The van der Waals surface area contributed by atoms with Crippen molar-refractivity contribution in [1.29, 1.82) is 0 Å². The van der Waals surface area contributed by atoms with Crippen LogP contribution < -0.4 is 10.4 Å². The minimum Gasteiger partial charge on any atom is -0.260 e. The van der Waals surface area contributed by atoms with Gasteiger partial charge in [-0.05, 0) is 55.5 Å². The second-order valence-electron chi connectivity index (χ2n) is 6.10. The van der Waals surface area contributed by atoms with Crippen LogP contribution in [0, 0.1) is 6.92 Å². The highest BCUT2D eigenvalue weighted by molar-refractivity contribution is 5.72. The van der Waals surface area contributed by atoms with Crippen molar-refractivity contribution >= 4 is 29.6 Å². The quantitative estimate of drug-likeness (QED) is 0.783. The lowest BCUT2D eigenvalue weighted by Gasteiger charge is -2.10.